The fraction of sp³-hybridized carbons (Fsp3) is 0.364. The third-order valence-electron chi connectivity index (χ3n) is 2.17. The summed E-state index contributed by atoms with van der Waals surface area (Å²) in [6.45, 7) is 3.46. The molecular formula is C11H15BrN2O2. The fourth-order valence-corrected chi connectivity index (χ4v) is 1.61. The highest BCUT2D eigenvalue weighted by molar-refractivity contribution is 9.10. The second kappa shape index (κ2) is 5.32. The lowest BCUT2D eigenvalue weighted by atomic mass is 10.1. The van der Waals surface area contributed by atoms with Crippen molar-refractivity contribution in [2.45, 2.75) is 26.0 Å². The molecule has 0 saturated heterocycles. The predicted octanol–water partition coefficient (Wildman–Crippen LogP) is 1.72. The second-order valence-corrected chi connectivity index (χ2v) is 4.55. The van der Waals surface area contributed by atoms with E-state index in [0.717, 1.165) is 10.0 Å². The molecule has 0 heterocycles. The molecule has 0 aliphatic heterocycles. The molecule has 0 saturated carbocycles. The van der Waals surface area contributed by atoms with Crippen LogP contribution in [0.5, 0.6) is 5.75 Å². The summed E-state index contributed by atoms with van der Waals surface area (Å²) in [5.74, 6) is 0.0862. The summed E-state index contributed by atoms with van der Waals surface area (Å²) in [6, 6.07) is 5.29. The Morgan fingerprint density at radius 2 is 2.06 bits per heavy atom. The maximum atomic E-state index is 10.9. The molecule has 4 nitrogen and oxygen atoms in total. The Hall–Kier alpha value is -1.07. The lowest BCUT2D eigenvalue weighted by Crippen LogP contribution is -2.31. The first-order valence-electron chi connectivity index (χ1n) is 4.93. The van der Waals surface area contributed by atoms with Gasteiger partial charge in [-0.3, -0.25) is 4.79 Å². The third kappa shape index (κ3) is 3.21. The first kappa shape index (κ1) is 13.0. The molecule has 2 atom stereocenters. The van der Waals surface area contributed by atoms with Gasteiger partial charge in [0.25, 0.3) is 5.91 Å². The van der Waals surface area contributed by atoms with Crippen molar-refractivity contribution in [2.75, 3.05) is 0 Å². The third-order valence-corrected chi connectivity index (χ3v) is 2.66. The van der Waals surface area contributed by atoms with Crippen LogP contribution in [0, 0.1) is 0 Å². The van der Waals surface area contributed by atoms with Crippen LogP contribution >= 0.6 is 15.9 Å². The van der Waals surface area contributed by atoms with Crippen LogP contribution in [0.4, 0.5) is 0 Å². The summed E-state index contributed by atoms with van der Waals surface area (Å²) in [7, 11) is 0. The first-order valence-corrected chi connectivity index (χ1v) is 5.72. The van der Waals surface area contributed by atoms with E-state index >= 15 is 0 Å². The van der Waals surface area contributed by atoms with Gasteiger partial charge >= 0.3 is 0 Å². The Kier molecular flexibility index (Phi) is 4.32. The molecule has 0 fully saturated rings. The zero-order valence-corrected chi connectivity index (χ0v) is 10.8. The molecule has 1 rings (SSSR count). The molecule has 5 heteroatoms. The molecular weight excluding hydrogens is 272 g/mol. The number of halogens is 1. The summed E-state index contributed by atoms with van der Waals surface area (Å²) < 4.78 is 6.36. The molecule has 88 valence electrons. The van der Waals surface area contributed by atoms with E-state index in [1.54, 1.807) is 13.0 Å². The predicted molar refractivity (Wildman–Crippen MR) is 66.0 cm³/mol. The first-order chi connectivity index (χ1) is 7.41. The van der Waals surface area contributed by atoms with Gasteiger partial charge in [0.05, 0.1) is 0 Å². The van der Waals surface area contributed by atoms with E-state index in [2.05, 4.69) is 15.9 Å². The number of hydrogen-bond acceptors (Lipinski definition) is 3. The minimum absolute atomic E-state index is 0.174. The van der Waals surface area contributed by atoms with Gasteiger partial charge in [0.2, 0.25) is 0 Å². The average molecular weight is 287 g/mol. The highest BCUT2D eigenvalue weighted by Gasteiger charge is 2.14. The van der Waals surface area contributed by atoms with Crippen molar-refractivity contribution in [2.24, 2.45) is 11.5 Å². The lowest BCUT2D eigenvalue weighted by molar-refractivity contribution is -0.124. The van der Waals surface area contributed by atoms with Gasteiger partial charge in [-0.1, -0.05) is 15.9 Å². The van der Waals surface area contributed by atoms with Crippen LogP contribution in [0.3, 0.4) is 0 Å². The van der Waals surface area contributed by atoms with Gasteiger partial charge in [0, 0.05) is 16.1 Å². The smallest absolute Gasteiger partial charge is 0.258 e. The van der Waals surface area contributed by atoms with Crippen molar-refractivity contribution in [1.82, 2.24) is 0 Å². The lowest BCUT2D eigenvalue weighted by Gasteiger charge is -2.17. The normalized spacial score (nSPS) is 14.2. The highest BCUT2D eigenvalue weighted by atomic mass is 79.9. The number of primary amides is 1. The minimum Gasteiger partial charge on any atom is -0.481 e. The van der Waals surface area contributed by atoms with Crippen molar-refractivity contribution >= 4 is 21.8 Å². The Morgan fingerprint density at radius 3 is 2.56 bits per heavy atom. The SMILES string of the molecule is CC(Oc1ccc(Br)cc1[C@@H](C)N)C(N)=O. The quantitative estimate of drug-likeness (QED) is 0.885. The molecule has 0 radical (unpaired) electrons. The summed E-state index contributed by atoms with van der Waals surface area (Å²) >= 11 is 3.36. The van der Waals surface area contributed by atoms with Crippen LogP contribution in [-0.2, 0) is 4.79 Å². The van der Waals surface area contributed by atoms with Crippen LogP contribution in [0.1, 0.15) is 25.5 Å². The van der Waals surface area contributed by atoms with Crippen molar-refractivity contribution in [1.29, 1.82) is 0 Å². The minimum atomic E-state index is -0.668. The number of benzene rings is 1. The van der Waals surface area contributed by atoms with Crippen LogP contribution in [-0.4, -0.2) is 12.0 Å². The topological polar surface area (TPSA) is 78.3 Å². The number of hydrogen-bond donors (Lipinski definition) is 2. The van der Waals surface area contributed by atoms with Crippen LogP contribution in [0.2, 0.25) is 0 Å². The summed E-state index contributed by atoms with van der Waals surface area (Å²) in [4.78, 5) is 10.9. The Balaban J connectivity index is 2.99. The fourth-order valence-electron chi connectivity index (χ4n) is 1.23. The van der Waals surface area contributed by atoms with E-state index in [1.807, 2.05) is 19.1 Å². The zero-order valence-electron chi connectivity index (χ0n) is 9.24. The van der Waals surface area contributed by atoms with E-state index in [0.29, 0.717) is 5.75 Å². The summed E-state index contributed by atoms with van der Waals surface area (Å²) in [5, 5.41) is 0. The van der Waals surface area contributed by atoms with Gasteiger partial charge in [-0.15, -0.1) is 0 Å². The molecule has 1 amide bonds. The maximum Gasteiger partial charge on any atom is 0.258 e. The van der Waals surface area contributed by atoms with E-state index in [1.165, 1.54) is 0 Å². The number of ether oxygens (including phenoxy) is 1. The average Bonchev–Trinajstić information content (AvgIpc) is 2.20. The number of amides is 1. The molecule has 0 aliphatic rings. The van der Waals surface area contributed by atoms with E-state index in [9.17, 15) is 4.79 Å². The maximum absolute atomic E-state index is 10.9. The molecule has 0 aromatic heterocycles. The molecule has 1 aromatic rings. The van der Waals surface area contributed by atoms with Gasteiger partial charge in [-0.2, -0.15) is 0 Å². The highest BCUT2D eigenvalue weighted by Crippen LogP contribution is 2.28. The Bertz CT molecular complexity index is 394. The number of carbonyl (C=O) groups excluding carboxylic acids is 1. The van der Waals surface area contributed by atoms with Gasteiger partial charge in [0.15, 0.2) is 6.10 Å². The van der Waals surface area contributed by atoms with Gasteiger partial charge in [0.1, 0.15) is 5.75 Å². The van der Waals surface area contributed by atoms with E-state index in [-0.39, 0.29) is 6.04 Å². The van der Waals surface area contributed by atoms with Crippen molar-refractivity contribution in [3.05, 3.63) is 28.2 Å². The molecule has 0 aliphatic carbocycles. The zero-order chi connectivity index (χ0) is 12.3. The van der Waals surface area contributed by atoms with Crippen molar-refractivity contribution in [3.63, 3.8) is 0 Å². The standard InChI is InChI=1S/C11H15BrN2O2/c1-6(13)9-5-8(12)3-4-10(9)16-7(2)11(14)15/h3-7H,13H2,1-2H3,(H2,14,15)/t6-,7?/m1/s1. The number of nitrogens with two attached hydrogens (primary N) is 2. The van der Waals surface area contributed by atoms with Gasteiger partial charge < -0.3 is 16.2 Å². The van der Waals surface area contributed by atoms with Crippen LogP contribution < -0.4 is 16.2 Å². The molecule has 1 aromatic carbocycles. The molecule has 0 bridgehead atoms. The Morgan fingerprint density at radius 1 is 1.44 bits per heavy atom. The van der Waals surface area contributed by atoms with Crippen molar-refractivity contribution < 1.29 is 9.53 Å². The Labute approximate surface area is 103 Å². The second-order valence-electron chi connectivity index (χ2n) is 3.63. The number of carbonyl (C=O) groups is 1. The van der Waals surface area contributed by atoms with E-state index in [4.69, 9.17) is 16.2 Å². The van der Waals surface area contributed by atoms with Gasteiger partial charge in [-0.05, 0) is 32.0 Å². The van der Waals surface area contributed by atoms with Crippen molar-refractivity contribution in [3.8, 4) is 5.75 Å². The van der Waals surface area contributed by atoms with Crippen LogP contribution in [0.25, 0.3) is 0 Å². The molecule has 16 heavy (non-hydrogen) atoms. The monoisotopic (exact) mass is 286 g/mol. The molecule has 4 N–H and O–H groups in total. The largest absolute Gasteiger partial charge is 0.481 e. The summed E-state index contributed by atoms with van der Waals surface area (Å²) in [5.41, 5.74) is 11.8. The van der Waals surface area contributed by atoms with Gasteiger partial charge in [-0.25, -0.2) is 0 Å². The molecule has 1 unspecified atom stereocenters. The molecule has 0 spiro atoms. The van der Waals surface area contributed by atoms with Crippen LogP contribution in [0.15, 0.2) is 22.7 Å². The van der Waals surface area contributed by atoms with E-state index < -0.39 is 12.0 Å². The summed E-state index contributed by atoms with van der Waals surface area (Å²) in [6.07, 6.45) is -0.668. The number of rotatable bonds is 4.